The molecule has 25 heavy (non-hydrogen) atoms. The van der Waals surface area contributed by atoms with Gasteiger partial charge < -0.3 is 4.90 Å². The monoisotopic (exact) mass is 338 g/mol. The van der Waals surface area contributed by atoms with Crippen molar-refractivity contribution in [2.75, 3.05) is 19.6 Å². The molecule has 1 saturated heterocycles. The van der Waals surface area contributed by atoms with Crippen LogP contribution in [0.1, 0.15) is 53.7 Å². The Kier molecular flexibility index (Phi) is 4.57. The summed E-state index contributed by atoms with van der Waals surface area (Å²) in [7, 11) is 0. The number of benzene rings is 1. The van der Waals surface area contributed by atoms with Crippen LogP contribution in [0.5, 0.6) is 0 Å². The van der Waals surface area contributed by atoms with Crippen LogP contribution in [0, 0.1) is 0 Å². The van der Waals surface area contributed by atoms with Crippen LogP contribution in [0.3, 0.4) is 0 Å². The number of aromatic nitrogens is 2. The Balaban J connectivity index is 1.45. The summed E-state index contributed by atoms with van der Waals surface area (Å²) in [5, 5.41) is 7.19. The fourth-order valence-electron chi connectivity index (χ4n) is 3.84. The molecule has 0 bridgehead atoms. The first-order valence-electron chi connectivity index (χ1n) is 9.33. The fraction of sp³-hybridized carbons (Fsp3) is 0.500. The van der Waals surface area contributed by atoms with Crippen molar-refractivity contribution in [3.8, 4) is 0 Å². The Labute approximate surface area is 149 Å². The molecule has 4 rings (SSSR count). The zero-order chi connectivity index (χ0) is 17.2. The summed E-state index contributed by atoms with van der Waals surface area (Å²) in [4.78, 5) is 17.6. The van der Waals surface area contributed by atoms with Crippen LogP contribution in [0.4, 0.5) is 0 Å². The van der Waals surface area contributed by atoms with Gasteiger partial charge in [-0.2, -0.15) is 5.10 Å². The first-order chi connectivity index (χ1) is 12.2. The van der Waals surface area contributed by atoms with E-state index in [4.69, 9.17) is 0 Å². The maximum Gasteiger partial charge on any atom is 0.257 e. The molecule has 2 aromatic rings. The molecule has 2 aliphatic rings. The molecule has 1 amide bonds. The van der Waals surface area contributed by atoms with Crippen LogP contribution in [0.2, 0.25) is 0 Å². The summed E-state index contributed by atoms with van der Waals surface area (Å²) in [5.74, 6) is 0.656. The van der Waals surface area contributed by atoms with E-state index in [1.54, 1.807) is 6.20 Å². The predicted molar refractivity (Wildman–Crippen MR) is 97.4 cm³/mol. The van der Waals surface area contributed by atoms with Gasteiger partial charge in [0.2, 0.25) is 0 Å². The first-order valence-corrected chi connectivity index (χ1v) is 9.33. The molecule has 5 heteroatoms. The highest BCUT2D eigenvalue weighted by Crippen LogP contribution is 2.40. The lowest BCUT2D eigenvalue weighted by Crippen LogP contribution is -2.42. The van der Waals surface area contributed by atoms with Crippen molar-refractivity contribution in [3.63, 3.8) is 0 Å². The van der Waals surface area contributed by atoms with Gasteiger partial charge in [0.1, 0.15) is 0 Å². The number of H-pyrrole nitrogens is 1. The van der Waals surface area contributed by atoms with E-state index in [2.05, 4.69) is 52.4 Å². The van der Waals surface area contributed by atoms with Gasteiger partial charge in [0, 0.05) is 38.1 Å². The number of nitrogens with zero attached hydrogens (tertiary/aromatic N) is 3. The first kappa shape index (κ1) is 16.3. The zero-order valence-electron chi connectivity index (χ0n) is 14.8. The van der Waals surface area contributed by atoms with Crippen LogP contribution in [0.25, 0.3) is 0 Å². The van der Waals surface area contributed by atoms with Crippen LogP contribution < -0.4 is 0 Å². The standard InChI is InChI=1S/C20H26N4O/c1-15-13-23(14-16-6-3-2-4-7-16)10-5-11-24(15)20(25)18-12-21-22-19(18)17-8-9-17/h2-4,6-7,12,15,17H,5,8-11,13-14H2,1H3,(H,21,22). The van der Waals surface area contributed by atoms with Crippen LogP contribution in [-0.4, -0.2) is 51.6 Å². The number of amides is 1. The van der Waals surface area contributed by atoms with E-state index in [1.807, 2.05) is 4.90 Å². The number of hydrogen-bond acceptors (Lipinski definition) is 3. The summed E-state index contributed by atoms with van der Waals surface area (Å²) >= 11 is 0. The minimum atomic E-state index is 0.143. The number of carbonyl (C=O) groups is 1. The highest BCUT2D eigenvalue weighted by Gasteiger charge is 2.33. The van der Waals surface area contributed by atoms with Crippen molar-refractivity contribution in [2.24, 2.45) is 0 Å². The van der Waals surface area contributed by atoms with Crippen molar-refractivity contribution in [3.05, 3.63) is 53.3 Å². The van der Waals surface area contributed by atoms with Gasteiger partial charge in [-0.25, -0.2) is 0 Å². The topological polar surface area (TPSA) is 52.2 Å². The molecule has 2 fully saturated rings. The number of carbonyl (C=O) groups excluding carboxylic acids is 1. The van der Waals surface area contributed by atoms with E-state index in [9.17, 15) is 4.79 Å². The van der Waals surface area contributed by atoms with Gasteiger partial charge in [0.15, 0.2) is 0 Å². The van der Waals surface area contributed by atoms with E-state index in [-0.39, 0.29) is 11.9 Å². The Morgan fingerprint density at radius 1 is 1.24 bits per heavy atom. The molecule has 0 radical (unpaired) electrons. The quantitative estimate of drug-likeness (QED) is 0.932. The third-order valence-corrected chi connectivity index (χ3v) is 5.32. The number of hydrogen-bond donors (Lipinski definition) is 1. The van der Waals surface area contributed by atoms with Gasteiger partial charge in [-0.15, -0.1) is 0 Å². The molecule has 132 valence electrons. The van der Waals surface area contributed by atoms with Gasteiger partial charge >= 0.3 is 0 Å². The summed E-state index contributed by atoms with van der Waals surface area (Å²) in [5.41, 5.74) is 3.16. The van der Waals surface area contributed by atoms with Crippen molar-refractivity contribution < 1.29 is 4.79 Å². The number of nitrogens with one attached hydrogen (secondary N) is 1. The average molecular weight is 338 g/mol. The molecule has 1 aliphatic carbocycles. The van der Waals surface area contributed by atoms with Gasteiger partial charge in [-0.3, -0.25) is 14.8 Å². The van der Waals surface area contributed by atoms with Crippen molar-refractivity contribution >= 4 is 5.91 Å². The van der Waals surface area contributed by atoms with Gasteiger partial charge in [-0.1, -0.05) is 30.3 Å². The van der Waals surface area contributed by atoms with Crippen LogP contribution in [-0.2, 0) is 6.54 Å². The van der Waals surface area contributed by atoms with E-state index in [0.29, 0.717) is 5.92 Å². The maximum absolute atomic E-state index is 13.1. The second-order valence-corrected chi connectivity index (χ2v) is 7.39. The molecule has 5 nitrogen and oxygen atoms in total. The lowest BCUT2D eigenvalue weighted by atomic mass is 10.1. The molecule has 1 aromatic heterocycles. The zero-order valence-corrected chi connectivity index (χ0v) is 14.8. The van der Waals surface area contributed by atoms with E-state index >= 15 is 0 Å². The van der Waals surface area contributed by atoms with E-state index < -0.39 is 0 Å². The van der Waals surface area contributed by atoms with Gasteiger partial charge in [0.25, 0.3) is 5.91 Å². The number of rotatable bonds is 4. The molecule has 1 aromatic carbocycles. The molecule has 1 aliphatic heterocycles. The average Bonchev–Trinajstić information content (AvgIpc) is 3.38. The van der Waals surface area contributed by atoms with Crippen LogP contribution in [0.15, 0.2) is 36.5 Å². The molecule has 1 atom stereocenters. The van der Waals surface area contributed by atoms with Crippen molar-refractivity contribution in [1.82, 2.24) is 20.0 Å². The van der Waals surface area contributed by atoms with E-state index in [0.717, 1.165) is 43.9 Å². The van der Waals surface area contributed by atoms with E-state index in [1.165, 1.54) is 18.4 Å². The molecule has 0 spiro atoms. The second kappa shape index (κ2) is 7.00. The SMILES string of the molecule is CC1CN(Cc2ccccc2)CCCN1C(=O)c1cn[nH]c1C1CC1. The number of aromatic amines is 1. The second-order valence-electron chi connectivity index (χ2n) is 7.39. The van der Waals surface area contributed by atoms with Crippen molar-refractivity contribution in [2.45, 2.75) is 44.7 Å². The fourth-order valence-corrected chi connectivity index (χ4v) is 3.84. The predicted octanol–water partition coefficient (Wildman–Crippen LogP) is 3.02. The third-order valence-electron chi connectivity index (χ3n) is 5.32. The Bertz CT molecular complexity index is 722. The lowest BCUT2D eigenvalue weighted by molar-refractivity contribution is 0.0690. The Hall–Kier alpha value is -2.14. The molecule has 1 saturated carbocycles. The molecule has 1 N–H and O–H groups in total. The largest absolute Gasteiger partial charge is 0.335 e. The van der Waals surface area contributed by atoms with Gasteiger partial charge in [0.05, 0.1) is 17.5 Å². The molecular formula is C20H26N4O. The maximum atomic E-state index is 13.1. The minimum Gasteiger partial charge on any atom is -0.335 e. The highest BCUT2D eigenvalue weighted by atomic mass is 16.2. The summed E-state index contributed by atoms with van der Waals surface area (Å²) in [6.07, 6.45) is 5.07. The summed E-state index contributed by atoms with van der Waals surface area (Å²) in [6.45, 7) is 5.88. The summed E-state index contributed by atoms with van der Waals surface area (Å²) < 4.78 is 0. The normalized spacial score (nSPS) is 22.0. The highest BCUT2D eigenvalue weighted by molar-refractivity contribution is 5.95. The molecular weight excluding hydrogens is 312 g/mol. The molecule has 2 heterocycles. The Morgan fingerprint density at radius 3 is 2.80 bits per heavy atom. The van der Waals surface area contributed by atoms with Crippen molar-refractivity contribution in [1.29, 1.82) is 0 Å². The lowest BCUT2D eigenvalue weighted by Gasteiger charge is -2.29. The van der Waals surface area contributed by atoms with Crippen LogP contribution >= 0.6 is 0 Å². The molecule has 1 unspecified atom stereocenters. The smallest absolute Gasteiger partial charge is 0.257 e. The Morgan fingerprint density at radius 2 is 2.04 bits per heavy atom. The summed E-state index contributed by atoms with van der Waals surface area (Å²) in [6, 6.07) is 10.8. The third kappa shape index (κ3) is 3.61. The van der Waals surface area contributed by atoms with Gasteiger partial charge in [-0.05, 0) is 31.7 Å². The minimum absolute atomic E-state index is 0.143.